The normalized spacial score (nSPS) is 14.9. The third-order valence-corrected chi connectivity index (χ3v) is 4.36. The van der Waals surface area contributed by atoms with Gasteiger partial charge in [-0.3, -0.25) is 19.3 Å². The number of hydrogen-bond donors (Lipinski definition) is 1. The maximum absolute atomic E-state index is 12.4. The number of hydrogen-bond acceptors (Lipinski definition) is 5. The quantitative estimate of drug-likeness (QED) is 0.673. The summed E-state index contributed by atoms with van der Waals surface area (Å²) in [5, 5.41) is 8.62. The third-order valence-electron chi connectivity index (χ3n) is 4.36. The van der Waals surface area contributed by atoms with Crippen molar-refractivity contribution < 1.29 is 24.2 Å². The van der Waals surface area contributed by atoms with Crippen LogP contribution in [0.15, 0.2) is 24.3 Å². The molecule has 1 aromatic rings. The lowest BCUT2D eigenvalue weighted by Gasteiger charge is -2.34. The van der Waals surface area contributed by atoms with Crippen molar-refractivity contribution >= 4 is 17.7 Å². The van der Waals surface area contributed by atoms with E-state index < -0.39 is 5.97 Å². The van der Waals surface area contributed by atoms with E-state index >= 15 is 0 Å². The number of ether oxygens (including phenoxy) is 1. The minimum Gasteiger partial charge on any atom is -0.494 e. The molecule has 0 radical (unpaired) electrons. The Morgan fingerprint density at radius 2 is 1.69 bits per heavy atom. The Bertz CT molecular complexity index is 621. The molecule has 2 rings (SSSR count). The Labute approximate surface area is 153 Å². The summed E-state index contributed by atoms with van der Waals surface area (Å²) in [4.78, 5) is 38.7. The minimum atomic E-state index is -0.879. The fourth-order valence-electron chi connectivity index (χ4n) is 2.90. The number of carboxylic acids is 1. The van der Waals surface area contributed by atoms with Crippen molar-refractivity contribution in [3.63, 3.8) is 0 Å². The number of nitrogens with zero attached hydrogens (tertiary/aromatic N) is 2. The molecule has 1 aliphatic heterocycles. The summed E-state index contributed by atoms with van der Waals surface area (Å²) in [6, 6.07) is 7.14. The third kappa shape index (κ3) is 6.15. The molecule has 1 aromatic carbocycles. The molecule has 0 atom stereocenters. The van der Waals surface area contributed by atoms with E-state index in [0.717, 1.165) is 5.75 Å². The van der Waals surface area contributed by atoms with Gasteiger partial charge in [-0.2, -0.15) is 0 Å². The molecule has 142 valence electrons. The van der Waals surface area contributed by atoms with Gasteiger partial charge in [-0.1, -0.05) is 0 Å². The lowest BCUT2D eigenvalue weighted by molar-refractivity contribution is -0.137. The zero-order valence-electron chi connectivity index (χ0n) is 15.1. The number of carbonyl (C=O) groups excluding carboxylic acids is 2. The van der Waals surface area contributed by atoms with Crippen molar-refractivity contribution in [2.24, 2.45) is 0 Å². The van der Waals surface area contributed by atoms with Gasteiger partial charge in [0.1, 0.15) is 5.75 Å². The first kappa shape index (κ1) is 19.9. The first-order valence-corrected chi connectivity index (χ1v) is 8.97. The average Bonchev–Trinajstić information content (AvgIpc) is 2.63. The van der Waals surface area contributed by atoms with E-state index in [1.165, 1.54) is 0 Å². The molecule has 1 heterocycles. The van der Waals surface area contributed by atoms with Crippen LogP contribution in [-0.2, 0) is 9.59 Å². The molecule has 0 spiro atoms. The van der Waals surface area contributed by atoms with Crippen molar-refractivity contribution in [3.05, 3.63) is 29.8 Å². The standard InChI is InChI=1S/C19H26N2O5/c1-2-26-16-8-6-15(7-9-16)17(22)14-20-10-12-21(13-11-20)18(23)4-3-5-19(24)25/h6-9H,2-5,10-14H2,1H3,(H,24,25). The first-order valence-electron chi connectivity index (χ1n) is 8.97. The minimum absolute atomic E-state index is 0.0104. The number of carbonyl (C=O) groups is 3. The number of rotatable bonds is 9. The number of piperazine rings is 1. The molecule has 1 fully saturated rings. The van der Waals surface area contributed by atoms with Crippen LogP contribution in [0.1, 0.15) is 36.5 Å². The zero-order chi connectivity index (χ0) is 18.9. The van der Waals surface area contributed by atoms with Gasteiger partial charge >= 0.3 is 5.97 Å². The van der Waals surface area contributed by atoms with E-state index in [4.69, 9.17) is 9.84 Å². The number of benzene rings is 1. The van der Waals surface area contributed by atoms with Crippen LogP contribution >= 0.6 is 0 Å². The molecule has 0 aliphatic carbocycles. The van der Waals surface area contributed by atoms with Crippen LogP contribution in [-0.4, -0.2) is 71.9 Å². The van der Waals surface area contributed by atoms with Crippen LogP contribution in [0, 0.1) is 0 Å². The van der Waals surface area contributed by atoms with E-state index in [0.29, 0.717) is 51.3 Å². The molecular formula is C19H26N2O5. The van der Waals surface area contributed by atoms with E-state index in [1.807, 2.05) is 11.8 Å². The van der Waals surface area contributed by atoms with Crippen molar-refractivity contribution in [2.75, 3.05) is 39.3 Å². The predicted octanol–water partition coefficient (Wildman–Crippen LogP) is 1.67. The van der Waals surface area contributed by atoms with E-state index in [9.17, 15) is 14.4 Å². The first-order chi connectivity index (χ1) is 12.5. The van der Waals surface area contributed by atoms with Crippen molar-refractivity contribution in [1.29, 1.82) is 0 Å². The molecule has 1 amide bonds. The highest BCUT2D eigenvalue weighted by Crippen LogP contribution is 2.13. The molecule has 1 saturated heterocycles. The van der Waals surface area contributed by atoms with Gasteiger partial charge in [0.25, 0.3) is 0 Å². The van der Waals surface area contributed by atoms with Crippen molar-refractivity contribution in [2.45, 2.75) is 26.2 Å². The Kier molecular flexibility index (Phi) is 7.59. The van der Waals surface area contributed by atoms with E-state index in [2.05, 4.69) is 0 Å². The van der Waals surface area contributed by atoms with Gasteiger partial charge < -0.3 is 14.7 Å². The van der Waals surface area contributed by atoms with Crippen molar-refractivity contribution in [3.8, 4) is 5.75 Å². The average molecular weight is 362 g/mol. The highest BCUT2D eigenvalue weighted by atomic mass is 16.5. The molecule has 0 bridgehead atoms. The number of amides is 1. The van der Waals surface area contributed by atoms with Crippen LogP contribution < -0.4 is 4.74 Å². The Hall–Kier alpha value is -2.41. The molecule has 7 heteroatoms. The van der Waals surface area contributed by atoms with Gasteiger partial charge in [0, 0.05) is 44.6 Å². The monoisotopic (exact) mass is 362 g/mol. The maximum Gasteiger partial charge on any atom is 0.303 e. The van der Waals surface area contributed by atoms with Gasteiger partial charge in [0.05, 0.1) is 13.2 Å². The summed E-state index contributed by atoms with van der Waals surface area (Å²) in [6.45, 7) is 5.27. The highest BCUT2D eigenvalue weighted by Gasteiger charge is 2.22. The van der Waals surface area contributed by atoms with Gasteiger partial charge in [-0.05, 0) is 37.6 Å². The smallest absolute Gasteiger partial charge is 0.303 e. The zero-order valence-corrected chi connectivity index (χ0v) is 15.1. The van der Waals surface area contributed by atoms with E-state index in [-0.39, 0.29) is 24.5 Å². The molecule has 0 unspecified atom stereocenters. The molecular weight excluding hydrogens is 336 g/mol. The molecule has 0 aromatic heterocycles. The summed E-state index contributed by atoms with van der Waals surface area (Å²) in [6.07, 6.45) is 0.643. The summed E-state index contributed by atoms with van der Waals surface area (Å²) >= 11 is 0. The molecule has 7 nitrogen and oxygen atoms in total. The Morgan fingerprint density at radius 3 is 2.27 bits per heavy atom. The fourth-order valence-corrected chi connectivity index (χ4v) is 2.90. The molecule has 0 saturated carbocycles. The molecule has 1 aliphatic rings. The molecule has 26 heavy (non-hydrogen) atoms. The number of ketones is 1. The van der Waals surface area contributed by atoms with Gasteiger partial charge in [-0.25, -0.2) is 0 Å². The van der Waals surface area contributed by atoms with Gasteiger partial charge in [-0.15, -0.1) is 0 Å². The second-order valence-electron chi connectivity index (χ2n) is 6.28. The lowest BCUT2D eigenvalue weighted by Crippen LogP contribution is -2.49. The maximum atomic E-state index is 12.4. The second-order valence-corrected chi connectivity index (χ2v) is 6.28. The van der Waals surface area contributed by atoms with Crippen LogP contribution in [0.5, 0.6) is 5.75 Å². The Morgan fingerprint density at radius 1 is 1.04 bits per heavy atom. The largest absolute Gasteiger partial charge is 0.494 e. The van der Waals surface area contributed by atoms with Crippen LogP contribution in [0.2, 0.25) is 0 Å². The fraction of sp³-hybridized carbons (Fsp3) is 0.526. The van der Waals surface area contributed by atoms with Crippen LogP contribution in [0.25, 0.3) is 0 Å². The number of carboxylic acid groups (broad SMARTS) is 1. The number of aliphatic carboxylic acids is 1. The SMILES string of the molecule is CCOc1ccc(C(=O)CN2CCN(C(=O)CCCC(=O)O)CC2)cc1. The summed E-state index contributed by atoms with van der Waals surface area (Å²) in [5.74, 6) is -0.0903. The van der Waals surface area contributed by atoms with Gasteiger partial charge in [0.15, 0.2) is 5.78 Å². The van der Waals surface area contributed by atoms with Crippen LogP contribution in [0.4, 0.5) is 0 Å². The second kappa shape index (κ2) is 9.91. The summed E-state index contributed by atoms with van der Waals surface area (Å²) in [5.41, 5.74) is 0.653. The lowest BCUT2D eigenvalue weighted by atomic mass is 10.1. The Balaban J connectivity index is 1.74. The molecule has 1 N–H and O–H groups in total. The topological polar surface area (TPSA) is 87.2 Å². The predicted molar refractivity (Wildman–Crippen MR) is 96.4 cm³/mol. The summed E-state index contributed by atoms with van der Waals surface area (Å²) < 4.78 is 5.37. The highest BCUT2D eigenvalue weighted by molar-refractivity contribution is 5.97. The number of Topliss-reactive ketones (excluding diaryl/α,β-unsaturated/α-hetero) is 1. The van der Waals surface area contributed by atoms with Crippen LogP contribution in [0.3, 0.4) is 0 Å². The van der Waals surface area contributed by atoms with Gasteiger partial charge in [0.2, 0.25) is 5.91 Å². The summed E-state index contributed by atoms with van der Waals surface area (Å²) in [7, 11) is 0. The van der Waals surface area contributed by atoms with E-state index in [1.54, 1.807) is 29.2 Å². The van der Waals surface area contributed by atoms with Crippen molar-refractivity contribution in [1.82, 2.24) is 9.80 Å².